The van der Waals surface area contributed by atoms with Gasteiger partial charge >= 0.3 is 0 Å². The van der Waals surface area contributed by atoms with Crippen LogP contribution in [0, 0.1) is 12.7 Å². The third-order valence-electron chi connectivity index (χ3n) is 3.43. The molecular weight excluding hydrogens is 309 g/mol. The third kappa shape index (κ3) is 3.08. The molecule has 1 heterocycles. The summed E-state index contributed by atoms with van der Waals surface area (Å²) in [4.78, 5) is 24.4. The highest BCUT2D eigenvalue weighted by Crippen LogP contribution is 2.13. The highest BCUT2D eigenvalue weighted by atomic mass is 19.1. The predicted molar refractivity (Wildman–Crippen MR) is 88.9 cm³/mol. The molecule has 3 rings (SSSR count). The number of anilines is 1. The summed E-state index contributed by atoms with van der Waals surface area (Å²) < 4.78 is 15.2. The predicted octanol–water partition coefficient (Wildman–Crippen LogP) is 2.93. The van der Waals surface area contributed by atoms with Crippen LogP contribution in [0.15, 0.2) is 65.5 Å². The molecule has 0 bridgehead atoms. The standard InChI is InChI=1S/C18H14FN3O2/c1-12-11-16(23)17(18(24)20-13-7-3-2-4-8-13)21-22(12)15-10-6-5-9-14(15)19/h2-11H,1H3,(H,20,24). The van der Waals surface area contributed by atoms with Crippen LogP contribution in [0.3, 0.4) is 0 Å². The summed E-state index contributed by atoms with van der Waals surface area (Å²) in [6, 6.07) is 16.0. The summed E-state index contributed by atoms with van der Waals surface area (Å²) >= 11 is 0. The van der Waals surface area contributed by atoms with Gasteiger partial charge in [-0.3, -0.25) is 9.59 Å². The van der Waals surface area contributed by atoms with Crippen LogP contribution in [0.4, 0.5) is 10.1 Å². The minimum atomic E-state index is -0.642. The van der Waals surface area contributed by atoms with Crippen LogP contribution in [-0.2, 0) is 0 Å². The summed E-state index contributed by atoms with van der Waals surface area (Å²) in [6.07, 6.45) is 0. The topological polar surface area (TPSA) is 64.0 Å². The van der Waals surface area contributed by atoms with Gasteiger partial charge in [-0.2, -0.15) is 5.10 Å². The quantitative estimate of drug-likeness (QED) is 0.806. The van der Waals surface area contributed by atoms with Gasteiger partial charge in [0.15, 0.2) is 5.69 Å². The van der Waals surface area contributed by atoms with Crippen LogP contribution in [0.5, 0.6) is 0 Å². The molecule has 1 amide bonds. The van der Waals surface area contributed by atoms with E-state index in [1.54, 1.807) is 43.3 Å². The maximum Gasteiger partial charge on any atom is 0.280 e. The van der Waals surface area contributed by atoms with Crippen molar-refractivity contribution in [2.24, 2.45) is 0 Å². The zero-order valence-corrected chi connectivity index (χ0v) is 12.9. The molecule has 0 aliphatic heterocycles. The number of rotatable bonds is 3. The summed E-state index contributed by atoms with van der Waals surface area (Å²) in [5, 5.41) is 6.65. The van der Waals surface area contributed by atoms with Crippen molar-refractivity contribution in [3.05, 3.63) is 88.1 Å². The average Bonchev–Trinajstić information content (AvgIpc) is 2.57. The fourth-order valence-electron chi connectivity index (χ4n) is 2.28. The molecule has 24 heavy (non-hydrogen) atoms. The number of nitrogens with zero attached hydrogens (tertiary/aromatic N) is 2. The lowest BCUT2D eigenvalue weighted by Crippen LogP contribution is -2.27. The van der Waals surface area contributed by atoms with Crippen molar-refractivity contribution in [1.29, 1.82) is 0 Å². The van der Waals surface area contributed by atoms with Crippen molar-refractivity contribution in [3.63, 3.8) is 0 Å². The molecule has 6 heteroatoms. The summed E-state index contributed by atoms with van der Waals surface area (Å²) in [5.74, 6) is -1.14. The number of hydrogen-bond acceptors (Lipinski definition) is 3. The van der Waals surface area contributed by atoms with Crippen molar-refractivity contribution in [1.82, 2.24) is 9.78 Å². The Hall–Kier alpha value is -3.28. The van der Waals surface area contributed by atoms with Crippen LogP contribution < -0.4 is 10.7 Å². The van der Waals surface area contributed by atoms with Gasteiger partial charge in [-0.05, 0) is 31.2 Å². The van der Waals surface area contributed by atoms with E-state index in [1.807, 2.05) is 6.07 Å². The summed E-state index contributed by atoms with van der Waals surface area (Å²) in [6.45, 7) is 1.62. The van der Waals surface area contributed by atoms with Gasteiger partial charge in [0.25, 0.3) is 5.91 Å². The molecule has 120 valence electrons. The Morgan fingerprint density at radius 2 is 1.75 bits per heavy atom. The van der Waals surface area contributed by atoms with Crippen molar-refractivity contribution in [2.45, 2.75) is 6.92 Å². The number of hydrogen-bond donors (Lipinski definition) is 1. The van der Waals surface area contributed by atoms with Gasteiger partial charge in [-0.1, -0.05) is 30.3 Å². The van der Waals surface area contributed by atoms with Crippen molar-refractivity contribution in [2.75, 3.05) is 5.32 Å². The normalized spacial score (nSPS) is 10.4. The molecule has 0 unspecified atom stereocenters. The second-order valence-electron chi connectivity index (χ2n) is 5.18. The Morgan fingerprint density at radius 1 is 1.08 bits per heavy atom. The lowest BCUT2D eigenvalue weighted by molar-refractivity contribution is 0.101. The molecule has 0 aliphatic rings. The number of carbonyl (C=O) groups excluding carboxylic acids is 1. The van der Waals surface area contributed by atoms with E-state index in [0.717, 1.165) is 0 Å². The fraction of sp³-hybridized carbons (Fsp3) is 0.0556. The van der Waals surface area contributed by atoms with Crippen LogP contribution >= 0.6 is 0 Å². The van der Waals surface area contributed by atoms with E-state index >= 15 is 0 Å². The Labute approximate surface area is 137 Å². The molecule has 0 saturated carbocycles. The highest BCUT2D eigenvalue weighted by Gasteiger charge is 2.16. The van der Waals surface area contributed by atoms with Crippen LogP contribution in [0.25, 0.3) is 5.69 Å². The van der Waals surface area contributed by atoms with Gasteiger partial charge in [0.2, 0.25) is 5.43 Å². The lowest BCUT2D eigenvalue weighted by Gasteiger charge is -2.12. The number of halogens is 1. The molecular formula is C18H14FN3O2. The van der Waals surface area contributed by atoms with E-state index in [1.165, 1.54) is 22.9 Å². The van der Waals surface area contributed by atoms with Gasteiger partial charge in [0.1, 0.15) is 11.5 Å². The minimum absolute atomic E-state index is 0.170. The highest BCUT2D eigenvalue weighted by molar-refractivity contribution is 6.02. The van der Waals surface area contributed by atoms with Gasteiger partial charge < -0.3 is 5.32 Å². The van der Waals surface area contributed by atoms with E-state index in [9.17, 15) is 14.0 Å². The monoisotopic (exact) mass is 323 g/mol. The first kappa shape index (κ1) is 15.6. The first-order valence-corrected chi connectivity index (χ1v) is 7.28. The second-order valence-corrected chi connectivity index (χ2v) is 5.18. The fourth-order valence-corrected chi connectivity index (χ4v) is 2.28. The first-order valence-electron chi connectivity index (χ1n) is 7.28. The van der Waals surface area contributed by atoms with Gasteiger partial charge in [0, 0.05) is 17.4 Å². The number of carbonyl (C=O) groups is 1. The summed E-state index contributed by atoms with van der Waals surface area (Å²) in [7, 11) is 0. The van der Waals surface area contributed by atoms with Crippen LogP contribution in [-0.4, -0.2) is 15.7 Å². The van der Waals surface area contributed by atoms with Crippen molar-refractivity contribution < 1.29 is 9.18 Å². The number of aromatic nitrogens is 2. The number of aryl methyl sites for hydroxylation is 1. The van der Waals surface area contributed by atoms with Gasteiger partial charge in [0.05, 0.1) is 0 Å². The molecule has 0 atom stereocenters. The zero-order valence-electron chi connectivity index (χ0n) is 12.9. The number of nitrogens with one attached hydrogen (secondary N) is 1. The number of amides is 1. The molecule has 2 aromatic carbocycles. The minimum Gasteiger partial charge on any atom is -0.320 e. The molecule has 5 nitrogen and oxygen atoms in total. The van der Waals surface area contributed by atoms with Crippen molar-refractivity contribution in [3.8, 4) is 5.69 Å². The van der Waals surface area contributed by atoms with Crippen LogP contribution in [0.1, 0.15) is 16.2 Å². The zero-order chi connectivity index (χ0) is 17.1. The van der Waals surface area contributed by atoms with E-state index in [2.05, 4.69) is 10.4 Å². The SMILES string of the molecule is Cc1cc(=O)c(C(=O)Nc2ccccc2)nn1-c1ccccc1F. The van der Waals surface area contributed by atoms with Gasteiger partial charge in [-0.25, -0.2) is 9.07 Å². The molecule has 0 radical (unpaired) electrons. The van der Waals surface area contributed by atoms with Crippen LogP contribution in [0.2, 0.25) is 0 Å². The molecule has 0 fully saturated rings. The van der Waals surface area contributed by atoms with Gasteiger partial charge in [-0.15, -0.1) is 0 Å². The number of benzene rings is 2. The average molecular weight is 323 g/mol. The number of para-hydroxylation sites is 2. The van der Waals surface area contributed by atoms with E-state index < -0.39 is 17.2 Å². The molecule has 3 aromatic rings. The molecule has 0 saturated heterocycles. The van der Waals surface area contributed by atoms with E-state index in [-0.39, 0.29) is 11.4 Å². The Bertz CT molecular complexity index is 952. The van der Waals surface area contributed by atoms with E-state index in [0.29, 0.717) is 11.4 Å². The third-order valence-corrected chi connectivity index (χ3v) is 3.43. The van der Waals surface area contributed by atoms with E-state index in [4.69, 9.17) is 0 Å². The molecule has 1 aromatic heterocycles. The second kappa shape index (κ2) is 6.45. The lowest BCUT2D eigenvalue weighted by atomic mass is 10.2. The maximum absolute atomic E-state index is 14.0. The Morgan fingerprint density at radius 3 is 2.46 bits per heavy atom. The Balaban J connectivity index is 2.03. The molecule has 0 spiro atoms. The smallest absolute Gasteiger partial charge is 0.280 e. The largest absolute Gasteiger partial charge is 0.320 e. The van der Waals surface area contributed by atoms with Crippen molar-refractivity contribution >= 4 is 11.6 Å². The molecule has 1 N–H and O–H groups in total. The summed E-state index contributed by atoms with van der Waals surface area (Å²) in [5.41, 5.74) is 0.327. The maximum atomic E-state index is 14.0. The molecule has 0 aliphatic carbocycles. The Kier molecular flexibility index (Phi) is 4.20. The first-order chi connectivity index (χ1) is 11.6.